The van der Waals surface area contributed by atoms with E-state index in [4.69, 9.17) is 16.6 Å². The monoisotopic (exact) mass is 470 g/mol. The zero-order chi connectivity index (χ0) is 22.8. The van der Waals surface area contributed by atoms with Crippen LogP contribution in [0.5, 0.6) is 0 Å². The Balaban J connectivity index is 1.31. The number of aromatic nitrogens is 1. The highest BCUT2D eigenvalue weighted by molar-refractivity contribution is 6.29. The summed E-state index contributed by atoms with van der Waals surface area (Å²) in [5.74, 6) is 1.40. The molecule has 5 rings (SSSR count). The van der Waals surface area contributed by atoms with Crippen LogP contribution in [0.25, 0.3) is 0 Å². The van der Waals surface area contributed by atoms with Crippen LogP contribution in [-0.4, -0.2) is 64.8 Å². The molecule has 0 radical (unpaired) electrons. The first-order valence-electron chi connectivity index (χ1n) is 11.9. The van der Waals surface area contributed by atoms with E-state index in [-0.39, 0.29) is 11.9 Å². The Bertz CT molecular complexity index is 980. The molecule has 1 atom stereocenters. The Hall–Kier alpha value is -2.65. The summed E-state index contributed by atoms with van der Waals surface area (Å²) in [6.07, 6.45) is 10.4. The number of carbonyl (C=O) groups is 1. The van der Waals surface area contributed by atoms with Gasteiger partial charge in [0.2, 0.25) is 0 Å². The molecule has 2 aliphatic heterocycles. The van der Waals surface area contributed by atoms with Gasteiger partial charge in [0, 0.05) is 30.0 Å². The minimum Gasteiger partial charge on any atom is -0.379 e. The van der Waals surface area contributed by atoms with Crippen molar-refractivity contribution in [3.8, 4) is 0 Å². The fourth-order valence-electron chi connectivity index (χ4n) is 4.60. The van der Waals surface area contributed by atoms with Gasteiger partial charge < -0.3 is 16.0 Å². The highest BCUT2D eigenvalue weighted by Crippen LogP contribution is 2.26. The second-order valence-corrected chi connectivity index (χ2v) is 9.46. The molecule has 0 aromatic carbocycles. The molecule has 2 saturated carbocycles. The number of nitrogens with zero attached hydrogens (tertiary/aromatic N) is 4. The lowest BCUT2D eigenvalue weighted by Crippen LogP contribution is -2.57. The van der Waals surface area contributed by atoms with Crippen molar-refractivity contribution in [2.75, 3.05) is 18.4 Å². The third-order valence-corrected chi connectivity index (χ3v) is 6.66. The molecule has 3 heterocycles. The van der Waals surface area contributed by atoms with E-state index in [0.29, 0.717) is 29.5 Å². The van der Waals surface area contributed by atoms with Gasteiger partial charge in [-0.2, -0.15) is 0 Å². The maximum atomic E-state index is 13.1. The zero-order valence-electron chi connectivity index (χ0n) is 18.9. The summed E-state index contributed by atoms with van der Waals surface area (Å²) >= 11 is 5.97. The van der Waals surface area contributed by atoms with E-state index in [9.17, 15) is 4.79 Å². The van der Waals surface area contributed by atoms with Gasteiger partial charge >= 0.3 is 0 Å². The summed E-state index contributed by atoms with van der Waals surface area (Å²) in [4.78, 5) is 26.8. The molecule has 2 aliphatic carbocycles. The average Bonchev–Trinajstić information content (AvgIpc) is 3.50. The second-order valence-electron chi connectivity index (χ2n) is 9.07. The van der Waals surface area contributed by atoms with Crippen LogP contribution in [0.3, 0.4) is 0 Å². The lowest BCUT2D eigenvalue weighted by Gasteiger charge is -2.34. The topological polar surface area (TPSA) is 106 Å². The van der Waals surface area contributed by atoms with Crippen LogP contribution in [-0.2, 0) is 4.79 Å². The van der Waals surface area contributed by atoms with Crippen LogP contribution in [0.1, 0.15) is 45.4 Å². The minimum atomic E-state index is -0.480. The van der Waals surface area contributed by atoms with E-state index >= 15 is 0 Å². The average molecular weight is 471 g/mol. The van der Waals surface area contributed by atoms with Crippen LogP contribution >= 0.6 is 11.6 Å². The molecule has 4 aliphatic rings. The molecule has 1 aromatic heterocycles. The van der Waals surface area contributed by atoms with Gasteiger partial charge in [-0.1, -0.05) is 18.5 Å². The first-order valence-corrected chi connectivity index (χ1v) is 12.3. The Kier molecular flexibility index (Phi) is 6.50. The zero-order valence-corrected chi connectivity index (χ0v) is 19.6. The van der Waals surface area contributed by atoms with Crippen molar-refractivity contribution in [1.82, 2.24) is 26.1 Å². The summed E-state index contributed by atoms with van der Waals surface area (Å²) in [5.41, 5.74) is 4.93. The van der Waals surface area contributed by atoms with Crippen molar-refractivity contribution in [1.29, 1.82) is 0 Å². The fraction of sp³-hybridized carbons (Fsp3) is 0.565. The van der Waals surface area contributed by atoms with Gasteiger partial charge in [-0.25, -0.2) is 4.98 Å². The highest BCUT2D eigenvalue weighted by Gasteiger charge is 2.39. The molecule has 9 nitrogen and oxygen atoms in total. The lowest BCUT2D eigenvalue weighted by molar-refractivity contribution is -0.119. The molecular formula is C23H31ClN8O. The molecule has 10 heteroatoms. The van der Waals surface area contributed by atoms with Crippen molar-refractivity contribution in [3.63, 3.8) is 0 Å². The van der Waals surface area contributed by atoms with Gasteiger partial charge in [0.1, 0.15) is 11.0 Å². The van der Waals surface area contributed by atoms with Gasteiger partial charge in [-0.05, 0) is 57.2 Å². The van der Waals surface area contributed by atoms with Crippen molar-refractivity contribution >= 4 is 34.9 Å². The summed E-state index contributed by atoms with van der Waals surface area (Å²) in [6, 6.07) is 4.24. The molecule has 1 amide bonds. The number of hydrogen-bond donors (Lipinski definition) is 4. The number of amidine groups is 2. The van der Waals surface area contributed by atoms with Crippen LogP contribution in [0.2, 0.25) is 5.15 Å². The normalized spacial score (nSPS) is 28.0. The number of nitrogens with one attached hydrogen (secondary N) is 4. The van der Waals surface area contributed by atoms with Gasteiger partial charge in [0.15, 0.2) is 11.9 Å². The highest BCUT2D eigenvalue weighted by atomic mass is 35.5. The summed E-state index contributed by atoms with van der Waals surface area (Å²) in [7, 11) is 0. The quantitative estimate of drug-likeness (QED) is 0.455. The number of carbonyl (C=O) groups excluding carboxylic acids is 1. The van der Waals surface area contributed by atoms with Crippen molar-refractivity contribution in [2.24, 2.45) is 9.98 Å². The Morgan fingerprint density at radius 1 is 1.24 bits per heavy atom. The van der Waals surface area contributed by atoms with Gasteiger partial charge in [0.05, 0.1) is 18.3 Å². The molecule has 176 valence electrons. The van der Waals surface area contributed by atoms with E-state index < -0.39 is 6.04 Å². The summed E-state index contributed by atoms with van der Waals surface area (Å²) < 4.78 is 0. The van der Waals surface area contributed by atoms with E-state index in [1.165, 1.54) is 0 Å². The molecule has 4 N–H and O–H groups in total. The molecule has 33 heavy (non-hydrogen) atoms. The molecule has 2 fully saturated rings. The van der Waals surface area contributed by atoms with Crippen LogP contribution in [0, 0.1) is 0 Å². The number of aliphatic imine (C=N–C) groups is 2. The van der Waals surface area contributed by atoms with Crippen molar-refractivity contribution in [3.05, 3.63) is 35.3 Å². The number of hydrazine groups is 1. The number of halogens is 1. The maximum Gasteiger partial charge on any atom is 0.251 e. The smallest absolute Gasteiger partial charge is 0.251 e. The predicted octanol–water partition coefficient (Wildman–Crippen LogP) is 2.23. The molecule has 1 aromatic rings. The Morgan fingerprint density at radius 2 is 2.03 bits per heavy atom. The van der Waals surface area contributed by atoms with E-state index in [0.717, 1.165) is 62.4 Å². The molecular weight excluding hydrogens is 440 g/mol. The molecule has 0 saturated heterocycles. The third kappa shape index (κ3) is 5.30. The number of anilines is 1. The van der Waals surface area contributed by atoms with Crippen molar-refractivity contribution in [2.45, 2.75) is 69.6 Å². The SMILES string of the molecule is CCNC1CCC(N=C2C=C(NC3CC3)C3=NCC(C(=O)Nc4ccnc(Cl)c4)N3N2)CC1. The van der Waals surface area contributed by atoms with E-state index in [2.05, 4.69) is 38.3 Å². The van der Waals surface area contributed by atoms with E-state index in [1.54, 1.807) is 18.3 Å². The number of fused-ring (bicyclic) bond motifs is 1. The molecule has 0 spiro atoms. The molecule has 1 unspecified atom stereocenters. The molecule has 0 bridgehead atoms. The van der Waals surface area contributed by atoms with Gasteiger partial charge in [-0.15, -0.1) is 0 Å². The number of pyridine rings is 1. The van der Waals surface area contributed by atoms with Crippen LogP contribution in [0.4, 0.5) is 5.69 Å². The van der Waals surface area contributed by atoms with Crippen LogP contribution < -0.4 is 21.4 Å². The van der Waals surface area contributed by atoms with Gasteiger partial charge in [0.25, 0.3) is 5.91 Å². The summed E-state index contributed by atoms with van der Waals surface area (Å²) in [5, 5.41) is 12.2. The Morgan fingerprint density at radius 3 is 2.76 bits per heavy atom. The Labute approximate surface area is 199 Å². The summed E-state index contributed by atoms with van der Waals surface area (Å²) in [6.45, 7) is 3.54. The van der Waals surface area contributed by atoms with Crippen molar-refractivity contribution < 1.29 is 4.79 Å². The number of rotatable bonds is 7. The first kappa shape index (κ1) is 22.2. The second kappa shape index (κ2) is 9.69. The van der Waals surface area contributed by atoms with E-state index in [1.807, 2.05) is 11.1 Å². The largest absolute Gasteiger partial charge is 0.379 e. The maximum absolute atomic E-state index is 13.1. The third-order valence-electron chi connectivity index (χ3n) is 6.46. The predicted molar refractivity (Wildman–Crippen MR) is 130 cm³/mol. The van der Waals surface area contributed by atoms with Gasteiger partial charge in [-0.3, -0.25) is 25.2 Å². The van der Waals surface area contributed by atoms with Crippen LogP contribution in [0.15, 0.2) is 40.1 Å². The lowest BCUT2D eigenvalue weighted by atomic mass is 9.91. The first-order chi connectivity index (χ1) is 16.1. The minimum absolute atomic E-state index is 0.151. The standard InChI is InChI=1S/C23H31ClN8O/c1-2-25-14-3-5-16(6-4-14)29-21-12-18(28-15-7-8-15)22-27-13-19(32(22)31-21)23(33)30-17-9-10-26-20(24)11-17/h9-12,14-16,19,25,28H,2-8,13H2,1H3,(H,29,31)(H,26,30,33). The number of hydrogen-bond acceptors (Lipinski definition) is 7. The fourth-order valence-corrected chi connectivity index (χ4v) is 4.78. The number of amides is 1.